The van der Waals surface area contributed by atoms with Crippen LogP contribution in [0, 0.1) is 5.82 Å². The van der Waals surface area contributed by atoms with Gasteiger partial charge in [0.25, 0.3) is 5.56 Å². The summed E-state index contributed by atoms with van der Waals surface area (Å²) in [5, 5.41) is 2.61. The van der Waals surface area contributed by atoms with Crippen LogP contribution >= 0.6 is 23.4 Å². The summed E-state index contributed by atoms with van der Waals surface area (Å²) in [6.07, 6.45) is 3.58. The normalized spacial score (nSPS) is 16.8. The first-order valence-electron chi connectivity index (χ1n) is 10.3. The van der Waals surface area contributed by atoms with Crippen molar-refractivity contribution in [2.24, 2.45) is 0 Å². The lowest BCUT2D eigenvalue weighted by molar-refractivity contribution is -0.115. The Hall–Kier alpha value is -2.72. The first-order valence-corrected chi connectivity index (χ1v) is 11.6. The summed E-state index contributed by atoms with van der Waals surface area (Å²) in [7, 11) is 0. The molecule has 166 valence electrons. The van der Waals surface area contributed by atoms with Crippen molar-refractivity contribution in [2.45, 2.75) is 54.8 Å². The minimum atomic E-state index is -0.698. The number of fused-ring (bicyclic) bond motifs is 1. The molecule has 0 radical (unpaired) electrons. The van der Waals surface area contributed by atoms with Gasteiger partial charge in [0, 0.05) is 17.0 Å². The van der Waals surface area contributed by atoms with Gasteiger partial charge in [-0.3, -0.25) is 19.1 Å². The maximum absolute atomic E-state index is 14.1. The fraction of sp³-hybridized carbons (Fsp3) is 0.381. The van der Waals surface area contributed by atoms with Crippen molar-refractivity contribution in [3.63, 3.8) is 0 Å². The van der Waals surface area contributed by atoms with Crippen molar-refractivity contribution < 1.29 is 9.18 Å². The molecule has 1 unspecified atom stereocenters. The number of halogens is 2. The molecule has 11 heteroatoms. The zero-order valence-corrected chi connectivity index (χ0v) is 18.6. The highest BCUT2D eigenvalue weighted by Crippen LogP contribution is 2.41. The summed E-state index contributed by atoms with van der Waals surface area (Å²) < 4.78 is 15.6. The highest BCUT2D eigenvalue weighted by atomic mass is 35.5. The maximum atomic E-state index is 14.1. The molecule has 1 atom stereocenters. The van der Waals surface area contributed by atoms with E-state index < -0.39 is 28.2 Å². The van der Waals surface area contributed by atoms with E-state index in [1.807, 2.05) is 0 Å². The predicted octanol–water partition coefficient (Wildman–Crippen LogP) is 3.60. The minimum Gasteiger partial charge on any atom is -0.323 e. The fourth-order valence-corrected chi connectivity index (χ4v) is 4.57. The summed E-state index contributed by atoms with van der Waals surface area (Å²) >= 11 is 6.84. The Bertz CT molecular complexity index is 1370. The molecule has 2 heterocycles. The predicted molar refractivity (Wildman–Crippen MR) is 120 cm³/mol. The molecule has 8 nitrogen and oxygen atoms in total. The van der Waals surface area contributed by atoms with Gasteiger partial charge in [0.2, 0.25) is 5.91 Å². The molecule has 0 bridgehead atoms. The van der Waals surface area contributed by atoms with E-state index in [1.165, 1.54) is 16.7 Å². The number of hydrogen-bond acceptors (Lipinski definition) is 6. The van der Waals surface area contributed by atoms with Gasteiger partial charge in [0.05, 0.1) is 10.9 Å². The number of benzene rings is 1. The summed E-state index contributed by atoms with van der Waals surface area (Å²) in [5.41, 5.74) is -0.732. The minimum absolute atomic E-state index is 0.00950. The molecule has 5 rings (SSSR count). The third-order valence-corrected chi connectivity index (χ3v) is 6.79. The molecule has 2 aliphatic rings. The van der Waals surface area contributed by atoms with Crippen LogP contribution in [-0.4, -0.2) is 30.7 Å². The fourth-order valence-electron chi connectivity index (χ4n) is 3.46. The maximum Gasteiger partial charge on any atom is 0.330 e. The Labute approximate surface area is 190 Å². The van der Waals surface area contributed by atoms with Crippen LogP contribution in [0.15, 0.2) is 32.8 Å². The van der Waals surface area contributed by atoms with Gasteiger partial charge in [-0.1, -0.05) is 23.4 Å². The number of nitrogens with one attached hydrogen (secondary N) is 2. The van der Waals surface area contributed by atoms with Crippen molar-refractivity contribution >= 4 is 46.0 Å². The van der Waals surface area contributed by atoms with E-state index in [9.17, 15) is 18.8 Å². The molecule has 1 amide bonds. The molecular formula is C21H19ClFN5O3S. The quantitative estimate of drug-likeness (QED) is 0.416. The lowest BCUT2D eigenvalue weighted by Gasteiger charge is -2.15. The third kappa shape index (κ3) is 4.04. The monoisotopic (exact) mass is 475 g/mol. The molecule has 2 aromatic heterocycles. The van der Waals surface area contributed by atoms with E-state index >= 15 is 0 Å². The smallest absolute Gasteiger partial charge is 0.323 e. The summed E-state index contributed by atoms with van der Waals surface area (Å²) in [6, 6.07) is 3.99. The molecular weight excluding hydrogens is 457 g/mol. The van der Waals surface area contributed by atoms with Crippen molar-refractivity contribution in [1.82, 2.24) is 19.5 Å². The molecule has 0 aliphatic heterocycles. The van der Waals surface area contributed by atoms with Gasteiger partial charge in [-0.2, -0.15) is 0 Å². The van der Waals surface area contributed by atoms with Crippen LogP contribution in [0.3, 0.4) is 0 Å². The number of aromatic amines is 1. The summed E-state index contributed by atoms with van der Waals surface area (Å²) in [6.45, 7) is 1.64. The van der Waals surface area contributed by atoms with Gasteiger partial charge in [-0.25, -0.2) is 19.2 Å². The third-order valence-electron chi connectivity index (χ3n) is 5.47. The van der Waals surface area contributed by atoms with Crippen LogP contribution in [0.1, 0.15) is 50.4 Å². The van der Waals surface area contributed by atoms with Gasteiger partial charge in [0.1, 0.15) is 22.1 Å². The number of carbonyl (C=O) groups is 1. The van der Waals surface area contributed by atoms with Crippen LogP contribution in [0.25, 0.3) is 11.0 Å². The van der Waals surface area contributed by atoms with Crippen LogP contribution in [-0.2, 0) is 4.79 Å². The lowest BCUT2D eigenvalue weighted by atomic mass is 10.3. The van der Waals surface area contributed by atoms with Gasteiger partial charge < -0.3 is 5.32 Å². The number of aromatic nitrogens is 4. The van der Waals surface area contributed by atoms with Gasteiger partial charge in [-0.15, -0.1) is 0 Å². The Morgan fingerprint density at radius 3 is 2.69 bits per heavy atom. The SMILES string of the molecule is CC(Sc1nc(C2CC2)nc2c1c(=O)[nH]c(=O)n2C1CC1)C(=O)Nc1ccc(Cl)cc1F. The second kappa shape index (κ2) is 8.00. The molecule has 0 spiro atoms. The van der Waals surface area contributed by atoms with Crippen LogP contribution < -0.4 is 16.6 Å². The Balaban J connectivity index is 1.51. The van der Waals surface area contributed by atoms with E-state index in [2.05, 4.69) is 20.3 Å². The van der Waals surface area contributed by atoms with Crippen LogP contribution in [0.5, 0.6) is 0 Å². The average Bonchev–Trinajstić information content (AvgIpc) is 3.62. The molecule has 32 heavy (non-hydrogen) atoms. The van der Waals surface area contributed by atoms with Crippen molar-refractivity contribution in [1.29, 1.82) is 0 Å². The number of hydrogen-bond donors (Lipinski definition) is 2. The molecule has 3 aromatic rings. The average molecular weight is 476 g/mol. The topological polar surface area (TPSA) is 110 Å². The van der Waals surface area contributed by atoms with E-state index in [4.69, 9.17) is 11.6 Å². The van der Waals surface area contributed by atoms with Crippen LogP contribution in [0.2, 0.25) is 5.02 Å². The van der Waals surface area contributed by atoms with Crippen LogP contribution in [0.4, 0.5) is 10.1 Å². The number of H-pyrrole nitrogens is 1. The van der Waals surface area contributed by atoms with Crippen molar-refractivity contribution in [2.75, 3.05) is 5.32 Å². The molecule has 2 saturated carbocycles. The van der Waals surface area contributed by atoms with Gasteiger partial charge in [-0.05, 0) is 50.8 Å². The Morgan fingerprint density at radius 2 is 2.03 bits per heavy atom. The largest absolute Gasteiger partial charge is 0.330 e. The van der Waals surface area contributed by atoms with Crippen molar-refractivity contribution in [3.8, 4) is 0 Å². The number of carbonyl (C=O) groups excluding carboxylic acids is 1. The highest BCUT2D eigenvalue weighted by molar-refractivity contribution is 8.00. The lowest BCUT2D eigenvalue weighted by Crippen LogP contribution is -2.31. The molecule has 2 fully saturated rings. The standard InChI is InChI=1S/C21H19ClFN5O3S/c1-9(18(29)24-14-7-4-11(22)8-13(14)23)32-20-15-17(25-16(26-20)10-2-3-10)28(12-5-6-12)21(31)27-19(15)30/h4,7-10,12H,2-3,5-6H2,1H3,(H,24,29)(H,27,30,31). The van der Waals surface area contributed by atoms with E-state index in [0.717, 1.165) is 43.5 Å². The Morgan fingerprint density at radius 1 is 1.28 bits per heavy atom. The first-order chi connectivity index (χ1) is 15.3. The number of nitrogens with zero attached hydrogens (tertiary/aromatic N) is 3. The molecule has 0 saturated heterocycles. The highest BCUT2D eigenvalue weighted by Gasteiger charge is 2.33. The van der Waals surface area contributed by atoms with Gasteiger partial charge in [0.15, 0.2) is 5.65 Å². The van der Waals surface area contributed by atoms with Gasteiger partial charge >= 0.3 is 5.69 Å². The van der Waals surface area contributed by atoms with E-state index in [0.29, 0.717) is 16.5 Å². The summed E-state index contributed by atoms with van der Waals surface area (Å²) in [5.74, 6) is -0.330. The number of amides is 1. The van der Waals surface area contributed by atoms with E-state index in [-0.39, 0.29) is 28.1 Å². The summed E-state index contributed by atoms with van der Waals surface area (Å²) in [4.78, 5) is 49.4. The number of anilines is 1. The first kappa shape index (κ1) is 21.1. The molecule has 1 aromatic carbocycles. The Kier molecular flexibility index (Phi) is 5.29. The van der Waals surface area contributed by atoms with E-state index in [1.54, 1.807) is 6.92 Å². The molecule has 2 N–H and O–H groups in total. The van der Waals surface area contributed by atoms with Crippen molar-refractivity contribution in [3.05, 3.63) is 55.7 Å². The second-order valence-corrected chi connectivity index (χ2v) is 9.86. The zero-order chi connectivity index (χ0) is 22.6. The molecule has 2 aliphatic carbocycles. The number of thioether (sulfide) groups is 1. The number of rotatable bonds is 6. The second-order valence-electron chi connectivity index (χ2n) is 8.09. The zero-order valence-electron chi connectivity index (χ0n) is 17.0.